The number of rotatable bonds is 2. The van der Waals surface area contributed by atoms with Crippen LogP contribution in [0, 0.1) is 6.92 Å². The number of aryl methyl sites for hydroxylation is 1. The molecule has 0 atom stereocenters. The maximum atomic E-state index is 5.59. The minimum absolute atomic E-state index is 0.602. The highest BCUT2D eigenvalue weighted by Crippen LogP contribution is 2.07. The second-order valence-corrected chi connectivity index (χ2v) is 3.69. The van der Waals surface area contributed by atoms with Crippen LogP contribution in [0.5, 0.6) is 0 Å². The van der Waals surface area contributed by atoms with Crippen LogP contribution in [0.2, 0.25) is 0 Å². The van der Waals surface area contributed by atoms with Gasteiger partial charge in [0.1, 0.15) is 6.61 Å². The van der Waals surface area contributed by atoms with E-state index in [4.69, 9.17) is 4.74 Å². The van der Waals surface area contributed by atoms with Crippen molar-refractivity contribution in [3.63, 3.8) is 0 Å². The molecule has 1 aliphatic rings. The highest BCUT2D eigenvalue weighted by Gasteiger charge is 2.00. The first-order valence-electron chi connectivity index (χ1n) is 5.24. The highest BCUT2D eigenvalue weighted by molar-refractivity contribution is 5.88. The second kappa shape index (κ2) is 4.78. The molecule has 0 bridgehead atoms. The van der Waals surface area contributed by atoms with E-state index in [1.807, 2.05) is 12.1 Å². The summed E-state index contributed by atoms with van der Waals surface area (Å²) < 4.78 is 5.59. The molecule has 0 fully saturated rings. The first-order valence-corrected chi connectivity index (χ1v) is 5.24. The number of nitrogens with zero attached hydrogens (tertiary/aromatic N) is 1. The van der Waals surface area contributed by atoms with E-state index >= 15 is 0 Å². The van der Waals surface area contributed by atoms with Crippen LogP contribution in [0.4, 0.5) is 0 Å². The number of benzene rings is 1. The summed E-state index contributed by atoms with van der Waals surface area (Å²) in [5, 5.41) is 0. The molecule has 0 N–H and O–H groups in total. The third-order valence-electron chi connectivity index (χ3n) is 2.29. The van der Waals surface area contributed by atoms with Crippen molar-refractivity contribution >= 4 is 5.90 Å². The average molecular weight is 201 g/mol. The molecule has 1 aromatic carbocycles. The summed E-state index contributed by atoms with van der Waals surface area (Å²) in [7, 11) is 0. The molecule has 1 heterocycles. The summed E-state index contributed by atoms with van der Waals surface area (Å²) in [6.45, 7) is 3.53. The van der Waals surface area contributed by atoms with Gasteiger partial charge < -0.3 is 4.74 Å². The Morgan fingerprint density at radius 2 is 2.33 bits per heavy atom. The van der Waals surface area contributed by atoms with E-state index in [1.54, 1.807) is 0 Å². The van der Waals surface area contributed by atoms with Crippen molar-refractivity contribution in [3.05, 3.63) is 47.5 Å². The van der Waals surface area contributed by atoms with Gasteiger partial charge in [-0.15, -0.1) is 0 Å². The molecule has 1 aliphatic heterocycles. The van der Waals surface area contributed by atoms with Gasteiger partial charge in [0.2, 0.25) is 5.90 Å². The predicted molar refractivity (Wildman–Crippen MR) is 62.0 cm³/mol. The lowest BCUT2D eigenvalue weighted by Gasteiger charge is -2.09. The fourth-order valence-electron chi connectivity index (χ4n) is 1.54. The van der Waals surface area contributed by atoms with E-state index in [9.17, 15) is 0 Å². The molecule has 2 rings (SSSR count). The molecule has 0 saturated heterocycles. The first-order chi connectivity index (χ1) is 7.34. The predicted octanol–water partition coefficient (Wildman–Crippen LogP) is 2.87. The lowest BCUT2D eigenvalue weighted by atomic mass is 10.1. The normalized spacial score (nSPS) is 14.9. The molecule has 15 heavy (non-hydrogen) atoms. The van der Waals surface area contributed by atoms with E-state index in [0.29, 0.717) is 6.61 Å². The second-order valence-electron chi connectivity index (χ2n) is 3.69. The Morgan fingerprint density at radius 3 is 3.07 bits per heavy atom. The fourth-order valence-corrected chi connectivity index (χ4v) is 1.54. The SMILES string of the molecule is Cc1cccc(COC2=NCCC=C2)c1. The maximum absolute atomic E-state index is 5.59. The molecule has 0 amide bonds. The van der Waals surface area contributed by atoms with Crippen molar-refractivity contribution in [2.24, 2.45) is 4.99 Å². The van der Waals surface area contributed by atoms with Gasteiger partial charge in [0, 0.05) is 6.54 Å². The van der Waals surface area contributed by atoms with E-state index in [-0.39, 0.29) is 0 Å². The monoisotopic (exact) mass is 201 g/mol. The fraction of sp³-hybridized carbons (Fsp3) is 0.308. The van der Waals surface area contributed by atoms with Crippen molar-refractivity contribution in [1.82, 2.24) is 0 Å². The van der Waals surface area contributed by atoms with Crippen LogP contribution in [0.25, 0.3) is 0 Å². The smallest absolute Gasteiger partial charge is 0.208 e. The van der Waals surface area contributed by atoms with Crippen molar-refractivity contribution in [3.8, 4) is 0 Å². The molecule has 0 saturated carbocycles. The van der Waals surface area contributed by atoms with Crippen LogP contribution in [0.3, 0.4) is 0 Å². The molecule has 0 aromatic heterocycles. The Balaban J connectivity index is 1.93. The number of aliphatic imine (C=N–C) groups is 1. The maximum Gasteiger partial charge on any atom is 0.208 e. The van der Waals surface area contributed by atoms with Crippen LogP contribution in [0.15, 0.2) is 41.4 Å². The average Bonchev–Trinajstić information content (AvgIpc) is 2.28. The van der Waals surface area contributed by atoms with Crippen molar-refractivity contribution in [2.75, 3.05) is 6.54 Å². The van der Waals surface area contributed by atoms with E-state index < -0.39 is 0 Å². The van der Waals surface area contributed by atoms with Gasteiger partial charge in [0.25, 0.3) is 0 Å². The summed E-state index contributed by atoms with van der Waals surface area (Å²) in [5.74, 6) is 0.753. The standard InChI is InChI=1S/C13H15NO/c1-11-5-4-6-12(9-11)10-15-13-7-2-3-8-14-13/h2,4-7,9H,3,8,10H2,1H3. The third kappa shape index (κ3) is 2.94. The zero-order chi connectivity index (χ0) is 10.5. The lowest BCUT2D eigenvalue weighted by Crippen LogP contribution is -2.05. The van der Waals surface area contributed by atoms with Crippen molar-refractivity contribution in [2.45, 2.75) is 20.0 Å². The Labute approximate surface area is 90.3 Å². The van der Waals surface area contributed by atoms with Gasteiger partial charge >= 0.3 is 0 Å². The zero-order valence-corrected chi connectivity index (χ0v) is 8.94. The van der Waals surface area contributed by atoms with E-state index in [1.165, 1.54) is 11.1 Å². The molecule has 1 aromatic rings. The highest BCUT2D eigenvalue weighted by atomic mass is 16.5. The van der Waals surface area contributed by atoms with Gasteiger partial charge in [0.15, 0.2) is 0 Å². The van der Waals surface area contributed by atoms with Crippen LogP contribution in [0.1, 0.15) is 17.5 Å². The lowest BCUT2D eigenvalue weighted by molar-refractivity contribution is 0.293. The summed E-state index contributed by atoms with van der Waals surface area (Å²) in [6.07, 6.45) is 5.06. The van der Waals surface area contributed by atoms with Gasteiger partial charge in [-0.2, -0.15) is 0 Å². The number of ether oxygens (including phenoxy) is 1. The van der Waals surface area contributed by atoms with Gasteiger partial charge in [-0.25, -0.2) is 0 Å². The molecule has 78 valence electrons. The summed E-state index contributed by atoms with van der Waals surface area (Å²) in [6, 6.07) is 8.33. The Kier molecular flexibility index (Phi) is 3.18. The quantitative estimate of drug-likeness (QED) is 0.721. The number of hydrogen-bond acceptors (Lipinski definition) is 2. The number of dihydropyridines is 1. The Morgan fingerprint density at radius 1 is 1.40 bits per heavy atom. The summed E-state index contributed by atoms with van der Waals surface area (Å²) in [4.78, 5) is 4.27. The zero-order valence-electron chi connectivity index (χ0n) is 8.94. The summed E-state index contributed by atoms with van der Waals surface area (Å²) in [5.41, 5.74) is 2.45. The van der Waals surface area contributed by atoms with E-state index in [2.05, 4.69) is 36.2 Å². The van der Waals surface area contributed by atoms with Crippen molar-refractivity contribution < 1.29 is 4.74 Å². The molecule has 0 spiro atoms. The van der Waals surface area contributed by atoms with Crippen molar-refractivity contribution in [1.29, 1.82) is 0 Å². The first kappa shape index (κ1) is 9.97. The molecular formula is C13H15NO. The molecule has 0 unspecified atom stereocenters. The van der Waals surface area contributed by atoms with E-state index in [0.717, 1.165) is 18.9 Å². The molecular weight excluding hydrogens is 186 g/mol. The van der Waals surface area contributed by atoms with Gasteiger partial charge in [-0.1, -0.05) is 35.9 Å². The number of hydrogen-bond donors (Lipinski definition) is 0. The Hall–Kier alpha value is -1.57. The molecule has 0 radical (unpaired) electrons. The third-order valence-corrected chi connectivity index (χ3v) is 2.29. The Bertz CT molecular complexity index is 393. The van der Waals surface area contributed by atoms with Gasteiger partial charge in [-0.05, 0) is 25.0 Å². The summed E-state index contributed by atoms with van der Waals surface area (Å²) >= 11 is 0. The molecule has 0 aliphatic carbocycles. The largest absolute Gasteiger partial charge is 0.473 e. The van der Waals surface area contributed by atoms with Crippen LogP contribution >= 0.6 is 0 Å². The van der Waals surface area contributed by atoms with Crippen LogP contribution < -0.4 is 0 Å². The topological polar surface area (TPSA) is 21.6 Å². The molecule has 2 heteroatoms. The molecule has 2 nitrogen and oxygen atoms in total. The van der Waals surface area contributed by atoms with Gasteiger partial charge in [-0.3, -0.25) is 4.99 Å². The van der Waals surface area contributed by atoms with Crippen LogP contribution in [-0.4, -0.2) is 12.4 Å². The minimum Gasteiger partial charge on any atom is -0.473 e. The minimum atomic E-state index is 0.602. The van der Waals surface area contributed by atoms with Gasteiger partial charge in [0.05, 0.1) is 0 Å². The van der Waals surface area contributed by atoms with Crippen LogP contribution in [-0.2, 0) is 11.3 Å².